The van der Waals surface area contributed by atoms with Gasteiger partial charge < -0.3 is 5.73 Å². The molecule has 1 saturated heterocycles. The monoisotopic (exact) mass is 327 g/mol. The van der Waals surface area contributed by atoms with Gasteiger partial charge in [-0.2, -0.15) is 4.31 Å². The topological polar surface area (TPSA) is 66.6 Å². The maximum Gasteiger partial charge on any atom is 0.243 e. The Balaban J connectivity index is 2.20. The van der Waals surface area contributed by atoms with Crippen LogP contribution in [0.5, 0.6) is 0 Å². The summed E-state index contributed by atoms with van der Waals surface area (Å²) in [6, 6.07) is 6.68. The maximum absolute atomic E-state index is 12.7. The molecule has 0 saturated carbocycles. The quantitative estimate of drug-likeness (QED) is 0.837. The van der Waals surface area contributed by atoms with E-state index in [1.807, 2.05) is 0 Å². The molecule has 1 aliphatic heterocycles. The van der Waals surface area contributed by atoms with Crippen LogP contribution in [-0.2, 0) is 10.0 Å². The molecule has 21 heavy (non-hydrogen) atoms. The Hall–Kier alpha value is -1.02. The number of nitrogens with two attached hydrogens (primary N) is 1. The SMILES string of the molecule is CCN1CCN(S(=O)(=O)c2ccc(C(N)=S)cc2)CC1C. The molecule has 1 heterocycles. The van der Waals surface area contributed by atoms with Gasteiger partial charge in [0.1, 0.15) is 4.99 Å². The van der Waals surface area contributed by atoms with Crippen molar-refractivity contribution in [3.05, 3.63) is 29.8 Å². The van der Waals surface area contributed by atoms with Crippen LogP contribution in [-0.4, -0.2) is 54.8 Å². The number of piperazine rings is 1. The average molecular weight is 327 g/mol. The van der Waals surface area contributed by atoms with Crippen LogP contribution in [0.4, 0.5) is 0 Å². The average Bonchev–Trinajstić information content (AvgIpc) is 2.47. The Morgan fingerprint density at radius 1 is 1.33 bits per heavy atom. The Labute approximate surface area is 131 Å². The van der Waals surface area contributed by atoms with Gasteiger partial charge in [0.2, 0.25) is 10.0 Å². The van der Waals surface area contributed by atoms with E-state index in [0.29, 0.717) is 23.5 Å². The van der Waals surface area contributed by atoms with Gasteiger partial charge in [0, 0.05) is 31.2 Å². The van der Waals surface area contributed by atoms with Gasteiger partial charge in [-0.05, 0) is 25.6 Å². The van der Waals surface area contributed by atoms with E-state index >= 15 is 0 Å². The zero-order chi connectivity index (χ0) is 15.6. The molecule has 1 unspecified atom stereocenters. The smallest absolute Gasteiger partial charge is 0.243 e. The number of sulfonamides is 1. The van der Waals surface area contributed by atoms with Gasteiger partial charge in [0.15, 0.2) is 0 Å². The number of hydrogen-bond acceptors (Lipinski definition) is 4. The molecule has 1 atom stereocenters. The lowest BCUT2D eigenvalue weighted by Gasteiger charge is -2.38. The summed E-state index contributed by atoms with van der Waals surface area (Å²) in [7, 11) is -3.45. The molecule has 5 nitrogen and oxygen atoms in total. The summed E-state index contributed by atoms with van der Waals surface area (Å²) in [6.45, 7) is 6.90. The molecule has 2 rings (SSSR count). The maximum atomic E-state index is 12.7. The molecule has 0 amide bonds. The van der Waals surface area contributed by atoms with Crippen molar-refractivity contribution < 1.29 is 8.42 Å². The summed E-state index contributed by atoms with van der Waals surface area (Å²) in [5, 5.41) is 0. The van der Waals surface area contributed by atoms with Crippen LogP contribution >= 0.6 is 12.2 Å². The summed E-state index contributed by atoms with van der Waals surface area (Å²) >= 11 is 4.88. The highest BCUT2D eigenvalue weighted by molar-refractivity contribution is 7.89. The van der Waals surface area contributed by atoms with Gasteiger partial charge in [-0.1, -0.05) is 31.3 Å². The first kappa shape index (κ1) is 16.4. The van der Waals surface area contributed by atoms with Crippen molar-refractivity contribution in [2.24, 2.45) is 5.73 Å². The van der Waals surface area contributed by atoms with E-state index in [1.54, 1.807) is 28.6 Å². The second kappa shape index (κ2) is 6.39. The molecule has 1 fully saturated rings. The number of rotatable bonds is 4. The minimum atomic E-state index is -3.45. The molecule has 1 aromatic carbocycles. The molecular weight excluding hydrogens is 306 g/mol. The van der Waals surface area contributed by atoms with E-state index in [9.17, 15) is 8.42 Å². The number of likely N-dealkylation sites (N-methyl/N-ethyl adjacent to an activating group) is 1. The lowest BCUT2D eigenvalue weighted by Crippen LogP contribution is -2.53. The third-order valence-corrected chi connectivity index (χ3v) is 6.03. The van der Waals surface area contributed by atoms with E-state index < -0.39 is 10.0 Å². The Bertz CT molecular complexity index is 614. The summed E-state index contributed by atoms with van der Waals surface area (Å²) in [6.07, 6.45) is 0. The molecule has 0 bridgehead atoms. The predicted octanol–water partition coefficient (Wildman–Crippen LogP) is 1.04. The summed E-state index contributed by atoms with van der Waals surface area (Å²) in [4.78, 5) is 2.84. The highest BCUT2D eigenvalue weighted by atomic mass is 32.2. The van der Waals surface area contributed by atoms with Gasteiger partial charge in [-0.25, -0.2) is 8.42 Å². The van der Waals surface area contributed by atoms with Crippen LogP contribution in [0.25, 0.3) is 0 Å². The first-order valence-corrected chi connectivity index (χ1v) is 8.85. The molecule has 0 aromatic heterocycles. The molecule has 0 spiro atoms. The minimum Gasteiger partial charge on any atom is -0.389 e. The Morgan fingerprint density at radius 2 is 1.95 bits per heavy atom. The first-order chi connectivity index (χ1) is 9.86. The molecule has 7 heteroatoms. The van der Waals surface area contributed by atoms with Crippen molar-refractivity contribution >= 4 is 27.2 Å². The van der Waals surface area contributed by atoms with Crippen LogP contribution < -0.4 is 5.73 Å². The predicted molar refractivity (Wildman–Crippen MR) is 87.8 cm³/mol. The third kappa shape index (κ3) is 3.42. The molecular formula is C14H21N3O2S2. The zero-order valence-electron chi connectivity index (χ0n) is 12.3. The van der Waals surface area contributed by atoms with Crippen LogP contribution in [0.15, 0.2) is 29.2 Å². The van der Waals surface area contributed by atoms with Gasteiger partial charge in [-0.3, -0.25) is 4.90 Å². The van der Waals surface area contributed by atoms with Crippen LogP contribution in [0, 0.1) is 0 Å². The van der Waals surface area contributed by atoms with Crippen molar-refractivity contribution in [1.82, 2.24) is 9.21 Å². The van der Waals surface area contributed by atoms with Gasteiger partial charge in [0.05, 0.1) is 4.90 Å². The van der Waals surface area contributed by atoms with Crippen LogP contribution in [0.1, 0.15) is 19.4 Å². The van der Waals surface area contributed by atoms with Crippen molar-refractivity contribution in [3.63, 3.8) is 0 Å². The van der Waals surface area contributed by atoms with Crippen molar-refractivity contribution in [2.75, 3.05) is 26.2 Å². The summed E-state index contributed by atoms with van der Waals surface area (Å²) in [5.41, 5.74) is 6.20. The Kier molecular flexibility index (Phi) is 4.98. The highest BCUT2D eigenvalue weighted by Crippen LogP contribution is 2.20. The number of benzene rings is 1. The number of hydrogen-bond donors (Lipinski definition) is 1. The van der Waals surface area contributed by atoms with E-state index in [2.05, 4.69) is 18.7 Å². The van der Waals surface area contributed by atoms with Gasteiger partial charge >= 0.3 is 0 Å². The third-order valence-electron chi connectivity index (χ3n) is 3.91. The number of nitrogens with zero attached hydrogens (tertiary/aromatic N) is 2. The van der Waals surface area contributed by atoms with Crippen LogP contribution in [0.2, 0.25) is 0 Å². The molecule has 1 aromatic rings. The highest BCUT2D eigenvalue weighted by Gasteiger charge is 2.31. The molecule has 2 N–H and O–H groups in total. The first-order valence-electron chi connectivity index (χ1n) is 7.00. The van der Waals surface area contributed by atoms with Crippen LogP contribution in [0.3, 0.4) is 0 Å². The standard InChI is InChI=1S/C14H21N3O2S2/c1-3-16-8-9-17(10-11(16)2)21(18,19)13-6-4-12(5-7-13)14(15)20/h4-7,11H,3,8-10H2,1-2H3,(H2,15,20). The van der Waals surface area contributed by atoms with E-state index in [0.717, 1.165) is 13.1 Å². The minimum absolute atomic E-state index is 0.231. The van der Waals surface area contributed by atoms with E-state index in [1.165, 1.54) is 0 Å². The fourth-order valence-corrected chi connectivity index (χ4v) is 4.24. The van der Waals surface area contributed by atoms with E-state index in [4.69, 9.17) is 18.0 Å². The fourth-order valence-electron chi connectivity index (χ4n) is 2.59. The molecule has 0 aliphatic carbocycles. The van der Waals surface area contributed by atoms with Crippen molar-refractivity contribution in [3.8, 4) is 0 Å². The van der Waals surface area contributed by atoms with Gasteiger partial charge in [-0.15, -0.1) is 0 Å². The largest absolute Gasteiger partial charge is 0.389 e. The summed E-state index contributed by atoms with van der Waals surface area (Å²) < 4.78 is 26.9. The van der Waals surface area contributed by atoms with Gasteiger partial charge in [0.25, 0.3) is 0 Å². The molecule has 116 valence electrons. The number of thiocarbonyl (C=S) groups is 1. The molecule has 0 radical (unpaired) electrons. The zero-order valence-corrected chi connectivity index (χ0v) is 14.0. The fraction of sp³-hybridized carbons (Fsp3) is 0.500. The second-order valence-electron chi connectivity index (χ2n) is 5.23. The second-order valence-corrected chi connectivity index (χ2v) is 7.61. The van der Waals surface area contributed by atoms with Crippen molar-refractivity contribution in [2.45, 2.75) is 24.8 Å². The van der Waals surface area contributed by atoms with Crippen molar-refractivity contribution in [1.29, 1.82) is 0 Å². The molecule has 1 aliphatic rings. The lowest BCUT2D eigenvalue weighted by molar-refractivity contribution is 0.135. The summed E-state index contributed by atoms with van der Waals surface area (Å²) in [5.74, 6) is 0. The lowest BCUT2D eigenvalue weighted by atomic mass is 10.2. The van der Waals surface area contributed by atoms with E-state index in [-0.39, 0.29) is 11.0 Å². The normalized spacial score (nSPS) is 21.3. The Morgan fingerprint density at radius 3 is 2.43 bits per heavy atom.